The van der Waals surface area contributed by atoms with Gasteiger partial charge in [-0.3, -0.25) is 4.57 Å². The number of para-hydroxylation sites is 4. The summed E-state index contributed by atoms with van der Waals surface area (Å²) < 4.78 is 17.8. The van der Waals surface area contributed by atoms with E-state index in [1.54, 1.807) is 0 Å². The number of rotatable bonds is 5. The summed E-state index contributed by atoms with van der Waals surface area (Å²) in [6, 6.07) is 69.7. The lowest BCUT2D eigenvalue weighted by molar-refractivity contribution is 0.668. The minimum absolute atomic E-state index is 0.551. The van der Waals surface area contributed by atoms with Gasteiger partial charge in [-0.15, -0.1) is 0 Å². The molecule has 5 aromatic heterocycles. The zero-order valence-corrected chi connectivity index (χ0v) is 34.1. The second-order valence-electron chi connectivity index (χ2n) is 16.4. The number of hydrogen-bond donors (Lipinski definition) is 0. The maximum Gasteiger partial charge on any atom is 0.238 e. The maximum absolute atomic E-state index is 6.73. The second kappa shape index (κ2) is 13.3. The quantitative estimate of drug-likeness (QED) is 0.173. The van der Waals surface area contributed by atoms with E-state index < -0.39 is 0 Å². The lowest BCUT2D eigenvalue weighted by Gasteiger charge is -2.13. The molecular formula is C57H33N5O2. The third-order valence-electron chi connectivity index (χ3n) is 12.8. The van der Waals surface area contributed by atoms with Crippen molar-refractivity contribution in [2.75, 3.05) is 0 Å². The SMILES string of the molecule is c1ccc(-c2nc(-c3ccccc3)nc(-n3c4ccccc4c4cc5c6ccccc6n(-c6cc(-c7ccc8c(c7)oc7ccccc78)c7oc8ccccc8c7c6)c5cc43)n2)cc1. The van der Waals surface area contributed by atoms with Crippen LogP contribution >= 0.6 is 0 Å². The van der Waals surface area contributed by atoms with Crippen LogP contribution in [-0.2, 0) is 0 Å². The van der Waals surface area contributed by atoms with Gasteiger partial charge in [0, 0.05) is 65.5 Å². The van der Waals surface area contributed by atoms with Gasteiger partial charge in [0.2, 0.25) is 5.95 Å². The summed E-state index contributed by atoms with van der Waals surface area (Å²) in [7, 11) is 0. The van der Waals surface area contributed by atoms with Gasteiger partial charge in [-0.25, -0.2) is 4.98 Å². The normalized spacial score (nSPS) is 12.1. The van der Waals surface area contributed by atoms with Gasteiger partial charge in [-0.1, -0.05) is 140 Å². The molecule has 7 nitrogen and oxygen atoms in total. The molecule has 14 aromatic rings. The fourth-order valence-electron chi connectivity index (χ4n) is 9.87. The van der Waals surface area contributed by atoms with Gasteiger partial charge < -0.3 is 13.4 Å². The zero-order valence-electron chi connectivity index (χ0n) is 34.1. The smallest absolute Gasteiger partial charge is 0.238 e. The Morgan fingerprint density at radius 2 is 0.844 bits per heavy atom. The van der Waals surface area contributed by atoms with Gasteiger partial charge in [0.1, 0.15) is 22.3 Å². The number of nitrogens with zero attached hydrogens (tertiary/aromatic N) is 5. The molecule has 0 aliphatic carbocycles. The van der Waals surface area contributed by atoms with Crippen molar-refractivity contribution in [2.45, 2.75) is 0 Å². The summed E-state index contributed by atoms with van der Waals surface area (Å²) in [5.41, 5.74) is 12.4. The maximum atomic E-state index is 6.73. The van der Waals surface area contributed by atoms with Gasteiger partial charge in [-0.2, -0.15) is 9.97 Å². The molecule has 0 fully saturated rings. The average molecular weight is 820 g/mol. The van der Waals surface area contributed by atoms with E-state index in [0.717, 1.165) is 115 Å². The number of aromatic nitrogens is 5. The van der Waals surface area contributed by atoms with Crippen LogP contribution in [0.5, 0.6) is 0 Å². The number of fused-ring (bicyclic) bond motifs is 12. The third kappa shape index (κ3) is 5.12. The van der Waals surface area contributed by atoms with Crippen molar-refractivity contribution >= 4 is 87.5 Å². The predicted octanol–water partition coefficient (Wildman–Crippen LogP) is 14.9. The number of hydrogen-bond acceptors (Lipinski definition) is 5. The monoisotopic (exact) mass is 819 g/mol. The Bertz CT molecular complexity index is 4140. The molecule has 0 saturated heterocycles. The van der Waals surface area contributed by atoms with Crippen LogP contribution in [0.1, 0.15) is 0 Å². The first kappa shape index (κ1) is 34.9. The lowest BCUT2D eigenvalue weighted by Crippen LogP contribution is -2.06. The van der Waals surface area contributed by atoms with E-state index in [0.29, 0.717) is 17.6 Å². The fourth-order valence-corrected chi connectivity index (χ4v) is 9.87. The Morgan fingerprint density at radius 1 is 0.312 bits per heavy atom. The molecule has 0 spiro atoms. The second-order valence-corrected chi connectivity index (χ2v) is 16.4. The number of furan rings is 2. The van der Waals surface area contributed by atoms with E-state index in [1.165, 1.54) is 0 Å². The molecule has 0 radical (unpaired) electrons. The molecule has 0 aliphatic heterocycles. The number of benzene rings is 9. The highest BCUT2D eigenvalue weighted by atomic mass is 16.3. The van der Waals surface area contributed by atoms with E-state index in [4.69, 9.17) is 23.8 Å². The molecule has 0 N–H and O–H groups in total. The molecule has 0 aliphatic rings. The molecule has 0 atom stereocenters. The van der Waals surface area contributed by atoms with Gasteiger partial charge in [0.25, 0.3) is 0 Å². The minimum Gasteiger partial charge on any atom is -0.456 e. The van der Waals surface area contributed by atoms with E-state index in [-0.39, 0.29) is 0 Å². The van der Waals surface area contributed by atoms with Crippen molar-refractivity contribution in [3.05, 3.63) is 200 Å². The van der Waals surface area contributed by atoms with Crippen molar-refractivity contribution in [1.29, 1.82) is 0 Å². The van der Waals surface area contributed by atoms with Crippen LogP contribution < -0.4 is 0 Å². The first-order valence-corrected chi connectivity index (χ1v) is 21.4. The van der Waals surface area contributed by atoms with Crippen molar-refractivity contribution in [2.24, 2.45) is 0 Å². The van der Waals surface area contributed by atoms with Crippen LogP contribution in [0.2, 0.25) is 0 Å². The van der Waals surface area contributed by atoms with E-state index >= 15 is 0 Å². The summed E-state index contributed by atoms with van der Waals surface area (Å²) in [4.78, 5) is 15.5. The molecule has 0 saturated carbocycles. The van der Waals surface area contributed by atoms with Gasteiger partial charge in [-0.05, 0) is 66.2 Å². The highest BCUT2D eigenvalue weighted by molar-refractivity contribution is 6.20. The Labute approximate surface area is 364 Å². The lowest BCUT2D eigenvalue weighted by atomic mass is 9.99. The van der Waals surface area contributed by atoms with Crippen LogP contribution in [0.15, 0.2) is 209 Å². The average Bonchev–Trinajstić information content (AvgIpc) is 4.11. The fraction of sp³-hybridized carbons (Fsp3) is 0. The molecule has 9 aromatic carbocycles. The standard InChI is InChI=1S/C57H33N5O2/c1-3-15-34(16-4-1)55-58-56(35-17-5-2-6-18-35)60-57(59-55)62-48-24-12-8-20-39(48)45-32-44-38-19-7-11-23-47(38)61(49(44)33-50(45)62)37-30-43(54-46(31-37)41-22-10-14-26-52(41)64-54)36-27-28-42-40-21-9-13-25-51(40)63-53(42)29-36/h1-33H. The highest BCUT2D eigenvalue weighted by Crippen LogP contribution is 2.44. The van der Waals surface area contributed by atoms with E-state index in [9.17, 15) is 0 Å². The van der Waals surface area contributed by atoms with Crippen molar-refractivity contribution in [1.82, 2.24) is 24.1 Å². The largest absolute Gasteiger partial charge is 0.456 e. The van der Waals surface area contributed by atoms with Crippen LogP contribution in [0.25, 0.3) is 133 Å². The van der Waals surface area contributed by atoms with Crippen molar-refractivity contribution in [3.63, 3.8) is 0 Å². The van der Waals surface area contributed by atoms with Crippen LogP contribution in [0.4, 0.5) is 0 Å². The topological polar surface area (TPSA) is 74.8 Å². The molecular weight excluding hydrogens is 787 g/mol. The Morgan fingerprint density at radius 3 is 1.52 bits per heavy atom. The summed E-state index contributed by atoms with van der Waals surface area (Å²) in [6.07, 6.45) is 0. The molecule has 0 unspecified atom stereocenters. The van der Waals surface area contributed by atoms with Crippen molar-refractivity contribution in [3.8, 4) is 45.5 Å². The van der Waals surface area contributed by atoms with Crippen molar-refractivity contribution < 1.29 is 8.83 Å². The summed E-state index contributed by atoms with van der Waals surface area (Å²) in [5.74, 6) is 1.77. The molecule has 0 bridgehead atoms. The summed E-state index contributed by atoms with van der Waals surface area (Å²) in [6.45, 7) is 0. The Balaban J connectivity index is 1.07. The molecule has 14 rings (SSSR count). The predicted molar refractivity (Wildman–Crippen MR) is 259 cm³/mol. The Kier molecular flexibility index (Phi) is 7.27. The molecule has 64 heavy (non-hydrogen) atoms. The Hall–Kier alpha value is -8.81. The van der Waals surface area contributed by atoms with E-state index in [1.807, 2.05) is 84.9 Å². The van der Waals surface area contributed by atoms with Crippen LogP contribution in [0, 0.1) is 0 Å². The minimum atomic E-state index is 0.551. The first-order valence-electron chi connectivity index (χ1n) is 21.4. The van der Waals surface area contributed by atoms with E-state index in [2.05, 4.69) is 124 Å². The molecule has 298 valence electrons. The molecule has 0 amide bonds. The van der Waals surface area contributed by atoms with Gasteiger partial charge in [0.05, 0.1) is 22.1 Å². The molecule has 5 heterocycles. The molecule has 7 heteroatoms. The summed E-state index contributed by atoms with van der Waals surface area (Å²) >= 11 is 0. The van der Waals surface area contributed by atoms with Crippen LogP contribution in [-0.4, -0.2) is 24.1 Å². The summed E-state index contributed by atoms with van der Waals surface area (Å²) in [5, 5.41) is 8.84. The third-order valence-corrected chi connectivity index (χ3v) is 12.8. The highest BCUT2D eigenvalue weighted by Gasteiger charge is 2.23. The zero-order chi connectivity index (χ0) is 41.9. The van der Waals surface area contributed by atoms with Gasteiger partial charge >= 0.3 is 0 Å². The van der Waals surface area contributed by atoms with Gasteiger partial charge in [0.15, 0.2) is 11.6 Å². The van der Waals surface area contributed by atoms with Crippen LogP contribution in [0.3, 0.4) is 0 Å². The first-order chi connectivity index (χ1) is 31.7.